The van der Waals surface area contributed by atoms with Crippen LogP contribution in [0, 0.1) is 24.5 Å². The first-order valence-electron chi connectivity index (χ1n) is 11.1. The normalized spacial score (nSPS) is 23.6. The molecule has 1 heterocycles. The van der Waals surface area contributed by atoms with Crippen LogP contribution in [-0.4, -0.2) is 6.61 Å². The fraction of sp³-hybridized carbons (Fsp3) is 0.520. The van der Waals surface area contributed by atoms with E-state index in [9.17, 15) is 17.6 Å². The molecule has 1 unspecified atom stereocenters. The minimum absolute atomic E-state index is 0.0347. The van der Waals surface area contributed by atoms with Crippen LogP contribution in [0.1, 0.15) is 79.7 Å². The molecule has 1 aliphatic carbocycles. The number of alkyl halides is 2. The van der Waals surface area contributed by atoms with Crippen molar-refractivity contribution in [2.75, 3.05) is 6.61 Å². The molecule has 4 rings (SSSR count). The van der Waals surface area contributed by atoms with Crippen molar-refractivity contribution >= 4 is 0 Å². The fourth-order valence-electron chi connectivity index (χ4n) is 4.80. The van der Waals surface area contributed by atoms with Gasteiger partial charge in [0, 0.05) is 5.56 Å². The molecular formula is C25H28F4O2. The van der Waals surface area contributed by atoms with Crippen LogP contribution in [0.2, 0.25) is 0 Å². The van der Waals surface area contributed by atoms with E-state index in [0.29, 0.717) is 5.92 Å². The lowest BCUT2D eigenvalue weighted by Crippen LogP contribution is -2.26. The number of ether oxygens (including phenoxy) is 2. The molecule has 1 aliphatic heterocycles. The van der Waals surface area contributed by atoms with Crippen molar-refractivity contribution in [3.8, 4) is 5.75 Å². The number of hydrogen-bond acceptors (Lipinski definition) is 2. The van der Waals surface area contributed by atoms with Crippen LogP contribution in [0.5, 0.6) is 5.75 Å². The van der Waals surface area contributed by atoms with Gasteiger partial charge in [0.1, 0.15) is 17.4 Å². The highest BCUT2D eigenvalue weighted by Crippen LogP contribution is 2.41. The van der Waals surface area contributed by atoms with Crippen LogP contribution in [0.4, 0.5) is 17.6 Å². The molecule has 1 atom stereocenters. The third-order valence-corrected chi connectivity index (χ3v) is 6.54. The summed E-state index contributed by atoms with van der Waals surface area (Å²) in [5.41, 5.74) is -0.0806. The average molecular weight is 436 g/mol. The molecule has 2 aliphatic rings. The van der Waals surface area contributed by atoms with E-state index in [-0.39, 0.29) is 23.5 Å². The zero-order valence-corrected chi connectivity index (χ0v) is 17.9. The van der Waals surface area contributed by atoms with E-state index in [2.05, 4.69) is 6.92 Å². The highest BCUT2D eigenvalue weighted by Gasteiger charge is 2.42. The average Bonchev–Trinajstić information content (AvgIpc) is 3.57. The Kier molecular flexibility index (Phi) is 6.29. The van der Waals surface area contributed by atoms with E-state index in [1.807, 2.05) is 0 Å². The van der Waals surface area contributed by atoms with Crippen LogP contribution in [0.3, 0.4) is 0 Å². The van der Waals surface area contributed by atoms with Crippen molar-refractivity contribution in [2.45, 2.75) is 70.5 Å². The topological polar surface area (TPSA) is 21.8 Å². The molecule has 0 radical (unpaired) electrons. The molecule has 0 spiro atoms. The quantitative estimate of drug-likeness (QED) is 0.330. The summed E-state index contributed by atoms with van der Waals surface area (Å²) in [4.78, 5) is 0. The number of benzene rings is 2. The van der Waals surface area contributed by atoms with Crippen LogP contribution in [0.25, 0.3) is 0 Å². The molecular weight excluding hydrogens is 408 g/mol. The molecule has 2 aromatic rings. The van der Waals surface area contributed by atoms with Crippen LogP contribution in [0.15, 0.2) is 30.3 Å². The van der Waals surface area contributed by atoms with Gasteiger partial charge in [-0.1, -0.05) is 31.9 Å². The predicted molar refractivity (Wildman–Crippen MR) is 110 cm³/mol. The minimum Gasteiger partial charge on any atom is -0.429 e. The predicted octanol–water partition coefficient (Wildman–Crippen LogP) is 7.55. The van der Waals surface area contributed by atoms with Gasteiger partial charge in [0.15, 0.2) is 11.6 Å². The molecule has 0 aromatic heterocycles. The second-order valence-corrected chi connectivity index (χ2v) is 8.80. The van der Waals surface area contributed by atoms with Gasteiger partial charge in [-0.25, -0.2) is 8.78 Å². The Morgan fingerprint density at radius 3 is 2.26 bits per heavy atom. The van der Waals surface area contributed by atoms with Gasteiger partial charge in [-0.05, 0) is 73.8 Å². The fourth-order valence-corrected chi connectivity index (χ4v) is 4.80. The first-order valence-corrected chi connectivity index (χ1v) is 11.1. The van der Waals surface area contributed by atoms with Crippen LogP contribution < -0.4 is 4.74 Å². The van der Waals surface area contributed by atoms with E-state index >= 15 is 0 Å². The molecule has 2 nitrogen and oxygen atoms in total. The van der Waals surface area contributed by atoms with Gasteiger partial charge in [-0.15, -0.1) is 0 Å². The summed E-state index contributed by atoms with van der Waals surface area (Å²) in [5, 5.41) is 0. The Hall–Kier alpha value is -2.08. The molecule has 1 saturated carbocycles. The summed E-state index contributed by atoms with van der Waals surface area (Å²) in [6, 6.07) is 7.77. The molecule has 1 saturated heterocycles. The maximum atomic E-state index is 14.8. The Morgan fingerprint density at radius 2 is 1.68 bits per heavy atom. The molecule has 0 bridgehead atoms. The summed E-state index contributed by atoms with van der Waals surface area (Å²) in [6.45, 7) is 3.78. The van der Waals surface area contributed by atoms with Gasteiger partial charge in [-0.2, -0.15) is 8.78 Å². The van der Waals surface area contributed by atoms with Gasteiger partial charge in [0.2, 0.25) is 0 Å². The summed E-state index contributed by atoms with van der Waals surface area (Å²) in [6.07, 6.45) is 2.49. The van der Waals surface area contributed by atoms with Gasteiger partial charge < -0.3 is 9.47 Å². The second kappa shape index (κ2) is 8.81. The summed E-state index contributed by atoms with van der Waals surface area (Å²) < 4.78 is 68.2. The van der Waals surface area contributed by atoms with Crippen molar-refractivity contribution in [3.63, 3.8) is 0 Å². The smallest absolute Gasteiger partial charge is 0.429 e. The lowest BCUT2D eigenvalue weighted by Gasteiger charge is -2.28. The zero-order valence-electron chi connectivity index (χ0n) is 17.9. The second-order valence-electron chi connectivity index (χ2n) is 8.80. The number of hydrogen-bond donors (Lipinski definition) is 0. The molecule has 0 amide bonds. The number of epoxide rings is 1. The molecule has 2 aromatic carbocycles. The highest BCUT2D eigenvalue weighted by molar-refractivity contribution is 5.39. The number of halogens is 4. The van der Waals surface area contributed by atoms with E-state index in [0.717, 1.165) is 24.3 Å². The van der Waals surface area contributed by atoms with Crippen molar-refractivity contribution in [1.29, 1.82) is 0 Å². The Balaban J connectivity index is 1.47. The maximum absolute atomic E-state index is 14.8. The standard InChI is InChI=1S/C25H28F4O2/c1-3-4-16-5-7-17(8-6-16)18-9-11-19(12-10-18)31-25(28,29)22-15(2)13-20(21-14-30-21)23(26)24(22)27/h9-13,16-17,21H,3-8,14H2,1-2H3. The van der Waals surface area contributed by atoms with Crippen molar-refractivity contribution in [1.82, 2.24) is 0 Å². The molecule has 2 fully saturated rings. The number of rotatable bonds is 7. The van der Waals surface area contributed by atoms with Crippen LogP contribution in [-0.2, 0) is 10.8 Å². The monoisotopic (exact) mass is 436 g/mol. The van der Waals surface area contributed by atoms with E-state index in [1.165, 1.54) is 50.8 Å². The minimum atomic E-state index is -4.00. The third-order valence-electron chi connectivity index (χ3n) is 6.54. The summed E-state index contributed by atoms with van der Waals surface area (Å²) >= 11 is 0. The van der Waals surface area contributed by atoms with Gasteiger partial charge in [-0.3, -0.25) is 0 Å². The lowest BCUT2D eigenvalue weighted by atomic mass is 9.77. The van der Waals surface area contributed by atoms with E-state index < -0.39 is 29.4 Å². The summed E-state index contributed by atoms with van der Waals surface area (Å²) in [7, 11) is 0. The van der Waals surface area contributed by atoms with Gasteiger partial charge in [0.05, 0.1) is 6.61 Å². The Bertz CT molecular complexity index is 914. The first kappa shape index (κ1) is 22.1. The molecule has 6 heteroatoms. The Labute approximate surface area is 180 Å². The van der Waals surface area contributed by atoms with E-state index in [1.54, 1.807) is 12.1 Å². The molecule has 31 heavy (non-hydrogen) atoms. The van der Waals surface area contributed by atoms with Crippen molar-refractivity contribution in [3.05, 3.63) is 64.2 Å². The third kappa shape index (κ3) is 4.74. The van der Waals surface area contributed by atoms with Gasteiger partial charge >= 0.3 is 6.11 Å². The largest absolute Gasteiger partial charge is 0.429 e. The Morgan fingerprint density at radius 1 is 1.03 bits per heavy atom. The van der Waals surface area contributed by atoms with Gasteiger partial charge in [0.25, 0.3) is 0 Å². The molecule has 168 valence electrons. The number of aryl methyl sites for hydroxylation is 1. The first-order chi connectivity index (χ1) is 14.8. The van der Waals surface area contributed by atoms with Crippen LogP contribution >= 0.6 is 0 Å². The SMILES string of the molecule is CCCC1CCC(c2ccc(OC(F)(F)c3c(C)cc(C4CO4)c(F)c3F)cc2)CC1. The molecule has 0 N–H and O–H groups in total. The lowest BCUT2D eigenvalue weighted by molar-refractivity contribution is -0.188. The summed E-state index contributed by atoms with van der Waals surface area (Å²) in [5.74, 6) is -1.76. The highest BCUT2D eigenvalue weighted by atomic mass is 19.3. The zero-order chi connectivity index (χ0) is 22.2. The van der Waals surface area contributed by atoms with Crippen molar-refractivity contribution < 1.29 is 27.0 Å². The van der Waals surface area contributed by atoms with E-state index in [4.69, 9.17) is 9.47 Å². The van der Waals surface area contributed by atoms with Crippen molar-refractivity contribution in [2.24, 2.45) is 5.92 Å². The maximum Gasteiger partial charge on any atom is 0.429 e.